The van der Waals surface area contributed by atoms with Crippen molar-refractivity contribution in [1.82, 2.24) is 9.80 Å². The summed E-state index contributed by atoms with van der Waals surface area (Å²) in [6.07, 6.45) is 0.697. The highest BCUT2D eigenvalue weighted by Gasteiger charge is 2.24. The molecule has 112 valence electrons. The Hall–Kier alpha value is -0.680. The predicted octanol–water partition coefficient (Wildman–Crippen LogP) is 2.02. The Balaban J connectivity index is 1.91. The number of likely N-dealkylation sites (N-methyl/N-ethyl adjacent to an activating group) is 2. The van der Waals surface area contributed by atoms with Gasteiger partial charge in [0.25, 0.3) is 0 Å². The van der Waals surface area contributed by atoms with Crippen LogP contribution in [0.2, 0.25) is 5.02 Å². The zero-order valence-corrected chi connectivity index (χ0v) is 12.8. The van der Waals surface area contributed by atoms with Crippen molar-refractivity contribution in [2.75, 3.05) is 33.7 Å². The molecule has 1 fully saturated rings. The van der Waals surface area contributed by atoms with Crippen molar-refractivity contribution in [2.45, 2.75) is 25.0 Å². The first-order chi connectivity index (χ1) is 9.45. The summed E-state index contributed by atoms with van der Waals surface area (Å²) in [4.78, 5) is 4.56. The Morgan fingerprint density at radius 3 is 2.85 bits per heavy atom. The molecular formula is C15H22ClFN2O. The molecule has 3 nitrogen and oxygen atoms in total. The standard InChI is InChI=1S/C15H22ClFN2O/c1-18-5-6-19(2)12(10-18)9-13(20)7-11-3-4-14(16)15(17)8-11/h3-4,8,12-13,20H,5-7,9-10H2,1-2H3. The SMILES string of the molecule is CN1CCN(C)C(CC(O)Cc2ccc(Cl)c(F)c2)C1. The van der Waals surface area contributed by atoms with Crippen LogP contribution >= 0.6 is 11.6 Å². The van der Waals surface area contributed by atoms with Crippen molar-refractivity contribution in [2.24, 2.45) is 0 Å². The third-order valence-corrected chi connectivity index (χ3v) is 4.29. The van der Waals surface area contributed by atoms with Crippen LogP contribution in [-0.4, -0.2) is 60.8 Å². The van der Waals surface area contributed by atoms with Crippen LogP contribution in [0.4, 0.5) is 4.39 Å². The van der Waals surface area contributed by atoms with Crippen LogP contribution in [0.3, 0.4) is 0 Å². The number of halogens is 2. The van der Waals surface area contributed by atoms with Gasteiger partial charge in [0.05, 0.1) is 11.1 Å². The number of benzene rings is 1. The molecule has 0 saturated carbocycles. The molecule has 1 saturated heterocycles. The molecule has 1 heterocycles. The van der Waals surface area contributed by atoms with Crippen LogP contribution in [0, 0.1) is 5.82 Å². The summed E-state index contributed by atoms with van der Waals surface area (Å²) in [5.74, 6) is -0.425. The second-order valence-corrected chi connectivity index (χ2v) is 6.15. The van der Waals surface area contributed by atoms with Crippen molar-refractivity contribution in [3.63, 3.8) is 0 Å². The highest BCUT2D eigenvalue weighted by molar-refractivity contribution is 6.30. The van der Waals surface area contributed by atoms with Crippen LogP contribution in [0.15, 0.2) is 18.2 Å². The lowest BCUT2D eigenvalue weighted by Gasteiger charge is -2.38. The lowest BCUT2D eigenvalue weighted by molar-refractivity contribution is 0.0639. The third kappa shape index (κ3) is 4.16. The van der Waals surface area contributed by atoms with Crippen molar-refractivity contribution >= 4 is 11.6 Å². The summed E-state index contributed by atoms with van der Waals surface area (Å²) < 4.78 is 13.4. The number of rotatable bonds is 4. The molecule has 2 atom stereocenters. The fourth-order valence-corrected chi connectivity index (χ4v) is 2.81. The van der Waals surface area contributed by atoms with Crippen LogP contribution in [-0.2, 0) is 6.42 Å². The van der Waals surface area contributed by atoms with Crippen molar-refractivity contribution in [3.05, 3.63) is 34.6 Å². The van der Waals surface area contributed by atoms with Gasteiger partial charge in [-0.15, -0.1) is 0 Å². The summed E-state index contributed by atoms with van der Waals surface area (Å²) in [7, 11) is 4.19. The number of nitrogens with zero attached hydrogens (tertiary/aromatic N) is 2. The second-order valence-electron chi connectivity index (χ2n) is 5.74. The van der Waals surface area contributed by atoms with Gasteiger partial charge in [0.15, 0.2) is 0 Å². The minimum atomic E-state index is -0.463. The van der Waals surface area contributed by atoms with E-state index in [0.29, 0.717) is 18.9 Å². The van der Waals surface area contributed by atoms with E-state index in [9.17, 15) is 9.50 Å². The molecule has 2 unspecified atom stereocenters. The number of hydrogen-bond acceptors (Lipinski definition) is 3. The molecule has 0 amide bonds. The van der Waals surface area contributed by atoms with E-state index >= 15 is 0 Å². The van der Waals surface area contributed by atoms with E-state index in [1.54, 1.807) is 12.1 Å². The van der Waals surface area contributed by atoms with E-state index in [2.05, 4.69) is 23.9 Å². The van der Waals surface area contributed by atoms with Crippen LogP contribution in [0.1, 0.15) is 12.0 Å². The average molecular weight is 301 g/mol. The Morgan fingerprint density at radius 1 is 1.40 bits per heavy atom. The van der Waals surface area contributed by atoms with E-state index in [0.717, 1.165) is 25.2 Å². The van der Waals surface area contributed by atoms with E-state index in [4.69, 9.17) is 11.6 Å². The van der Waals surface area contributed by atoms with Crippen LogP contribution < -0.4 is 0 Å². The molecule has 2 rings (SSSR count). The van der Waals surface area contributed by atoms with Gasteiger partial charge in [0, 0.05) is 25.7 Å². The number of hydrogen-bond donors (Lipinski definition) is 1. The molecular weight excluding hydrogens is 279 g/mol. The average Bonchev–Trinajstić information content (AvgIpc) is 2.38. The van der Waals surface area contributed by atoms with Gasteiger partial charge < -0.3 is 14.9 Å². The molecule has 1 aliphatic heterocycles. The molecule has 0 bridgehead atoms. The molecule has 0 aliphatic carbocycles. The molecule has 1 aromatic carbocycles. The Kier molecular flexibility index (Phi) is 5.38. The van der Waals surface area contributed by atoms with Crippen molar-refractivity contribution in [3.8, 4) is 0 Å². The lowest BCUT2D eigenvalue weighted by atomic mass is 9.99. The summed E-state index contributed by atoms with van der Waals surface area (Å²) in [5.41, 5.74) is 0.784. The highest BCUT2D eigenvalue weighted by Crippen LogP contribution is 2.19. The maximum Gasteiger partial charge on any atom is 0.142 e. The smallest absolute Gasteiger partial charge is 0.142 e. The monoisotopic (exact) mass is 300 g/mol. The number of piperazine rings is 1. The first-order valence-electron chi connectivity index (χ1n) is 6.96. The molecule has 1 N–H and O–H groups in total. The minimum absolute atomic E-state index is 0.122. The zero-order valence-electron chi connectivity index (χ0n) is 12.0. The minimum Gasteiger partial charge on any atom is -0.393 e. The summed E-state index contributed by atoms with van der Waals surface area (Å²) in [5, 5.41) is 10.3. The fraction of sp³-hybridized carbons (Fsp3) is 0.600. The first kappa shape index (κ1) is 15.7. The zero-order chi connectivity index (χ0) is 14.7. The van der Waals surface area contributed by atoms with Gasteiger partial charge in [-0.05, 0) is 44.6 Å². The molecule has 20 heavy (non-hydrogen) atoms. The van der Waals surface area contributed by atoms with Gasteiger partial charge in [-0.25, -0.2) is 4.39 Å². The van der Waals surface area contributed by atoms with E-state index in [1.165, 1.54) is 6.07 Å². The third-order valence-electron chi connectivity index (χ3n) is 3.98. The lowest BCUT2D eigenvalue weighted by Crippen LogP contribution is -2.51. The maximum atomic E-state index is 13.4. The summed E-state index contributed by atoms with van der Waals surface area (Å²) in [6.45, 7) is 3.04. The molecule has 0 spiro atoms. The maximum absolute atomic E-state index is 13.4. The van der Waals surface area contributed by atoms with Gasteiger partial charge in [0.1, 0.15) is 5.82 Å². The number of aliphatic hydroxyl groups is 1. The summed E-state index contributed by atoms with van der Waals surface area (Å²) in [6, 6.07) is 5.06. The van der Waals surface area contributed by atoms with Crippen molar-refractivity contribution in [1.29, 1.82) is 0 Å². The van der Waals surface area contributed by atoms with E-state index < -0.39 is 11.9 Å². The van der Waals surface area contributed by atoms with Crippen molar-refractivity contribution < 1.29 is 9.50 Å². The Morgan fingerprint density at radius 2 is 2.15 bits per heavy atom. The van der Waals surface area contributed by atoms with Gasteiger partial charge in [-0.2, -0.15) is 0 Å². The van der Waals surface area contributed by atoms with Crippen LogP contribution in [0.25, 0.3) is 0 Å². The van der Waals surface area contributed by atoms with Crippen LogP contribution in [0.5, 0.6) is 0 Å². The van der Waals surface area contributed by atoms with Gasteiger partial charge in [0.2, 0.25) is 0 Å². The largest absolute Gasteiger partial charge is 0.393 e. The molecule has 5 heteroatoms. The fourth-order valence-electron chi connectivity index (χ4n) is 2.69. The molecule has 1 aliphatic rings. The highest BCUT2D eigenvalue weighted by atomic mass is 35.5. The molecule has 1 aromatic rings. The molecule has 0 radical (unpaired) electrons. The van der Waals surface area contributed by atoms with Gasteiger partial charge in [-0.1, -0.05) is 17.7 Å². The van der Waals surface area contributed by atoms with E-state index in [1.807, 2.05) is 0 Å². The van der Waals surface area contributed by atoms with E-state index in [-0.39, 0.29) is 5.02 Å². The molecule has 0 aromatic heterocycles. The first-order valence-corrected chi connectivity index (χ1v) is 7.34. The Bertz CT molecular complexity index is 457. The topological polar surface area (TPSA) is 26.7 Å². The van der Waals surface area contributed by atoms with Gasteiger partial charge in [-0.3, -0.25) is 0 Å². The Labute approximate surface area is 124 Å². The predicted molar refractivity (Wildman–Crippen MR) is 79.7 cm³/mol. The van der Waals surface area contributed by atoms with Gasteiger partial charge >= 0.3 is 0 Å². The quantitative estimate of drug-likeness (QED) is 0.921. The summed E-state index contributed by atoms with van der Waals surface area (Å²) >= 11 is 5.66. The second kappa shape index (κ2) is 6.85. The number of aliphatic hydroxyl groups excluding tert-OH is 1. The normalized spacial score (nSPS) is 22.9.